The van der Waals surface area contributed by atoms with Crippen molar-refractivity contribution < 1.29 is 19.0 Å². The van der Waals surface area contributed by atoms with E-state index in [4.69, 9.17) is 14.2 Å². The summed E-state index contributed by atoms with van der Waals surface area (Å²) in [6.07, 6.45) is 1.93. The molecule has 1 saturated heterocycles. The smallest absolute Gasteiger partial charge is 0.251 e. The van der Waals surface area contributed by atoms with Gasteiger partial charge in [-0.25, -0.2) is 0 Å². The summed E-state index contributed by atoms with van der Waals surface area (Å²) in [6, 6.07) is 9.91. The zero-order valence-corrected chi connectivity index (χ0v) is 22.3. The van der Waals surface area contributed by atoms with Crippen LogP contribution in [0.25, 0.3) is 0 Å². The molecule has 0 aliphatic carbocycles. The zero-order chi connectivity index (χ0) is 25.5. The molecule has 2 atom stereocenters. The lowest BCUT2D eigenvalue weighted by Gasteiger charge is -2.27. The normalized spacial score (nSPS) is 16.9. The van der Waals surface area contributed by atoms with Crippen LogP contribution in [0.2, 0.25) is 0 Å². The summed E-state index contributed by atoms with van der Waals surface area (Å²) in [6.45, 7) is 10.1. The molecule has 1 aliphatic rings. The first-order valence-electron chi connectivity index (χ1n) is 12.4. The standard InChI is InChI=1S/C28H41N3O4/c1-19-20(2)27(35-14-8-12-30(4)5)10-9-26(19)21(3)31-13-11-23(18-31)29-28(32)22-15-24(33-6)17-25(16-22)34-7/h9-10,15-17,21,23H,8,11-14,18H2,1-7H3,(H,29,32)/t21?,23-/m1/s1. The average Bonchev–Trinajstić information content (AvgIpc) is 3.31. The summed E-state index contributed by atoms with van der Waals surface area (Å²) in [7, 11) is 7.33. The number of carbonyl (C=O) groups is 1. The number of ether oxygens (including phenoxy) is 3. The van der Waals surface area contributed by atoms with Crippen LogP contribution >= 0.6 is 0 Å². The third-order valence-corrected chi connectivity index (χ3v) is 6.95. The Morgan fingerprint density at radius 1 is 1.11 bits per heavy atom. The van der Waals surface area contributed by atoms with Crippen LogP contribution < -0.4 is 19.5 Å². The van der Waals surface area contributed by atoms with Crippen molar-refractivity contribution in [2.45, 2.75) is 45.7 Å². The van der Waals surface area contributed by atoms with Crippen molar-refractivity contribution in [1.82, 2.24) is 15.1 Å². The Kier molecular flexibility index (Phi) is 9.40. The fourth-order valence-electron chi connectivity index (χ4n) is 4.65. The van der Waals surface area contributed by atoms with Gasteiger partial charge in [-0.3, -0.25) is 9.69 Å². The Morgan fingerprint density at radius 3 is 2.43 bits per heavy atom. The Hall–Kier alpha value is -2.77. The Bertz CT molecular complexity index is 986. The van der Waals surface area contributed by atoms with Crippen LogP contribution in [-0.2, 0) is 0 Å². The number of hydrogen-bond acceptors (Lipinski definition) is 6. The highest BCUT2D eigenvalue weighted by molar-refractivity contribution is 5.95. The SMILES string of the molecule is COc1cc(OC)cc(C(=O)N[C@@H]2CCN(C(C)c3ccc(OCCCN(C)C)c(C)c3C)C2)c1. The number of nitrogens with one attached hydrogen (secondary N) is 1. The molecule has 3 rings (SSSR count). The van der Waals surface area contributed by atoms with Crippen molar-refractivity contribution in [3.8, 4) is 17.2 Å². The lowest BCUT2D eigenvalue weighted by molar-refractivity contribution is 0.0935. The molecule has 0 aromatic heterocycles. The second-order valence-corrected chi connectivity index (χ2v) is 9.64. The molecular weight excluding hydrogens is 442 g/mol. The highest BCUT2D eigenvalue weighted by atomic mass is 16.5. The van der Waals surface area contributed by atoms with E-state index in [1.54, 1.807) is 32.4 Å². The number of amides is 1. The van der Waals surface area contributed by atoms with Gasteiger partial charge in [-0.05, 0) is 82.6 Å². The highest BCUT2D eigenvalue weighted by Crippen LogP contribution is 2.32. The van der Waals surface area contributed by atoms with Gasteiger partial charge in [0.15, 0.2) is 0 Å². The maximum absolute atomic E-state index is 12.9. The predicted molar refractivity (Wildman–Crippen MR) is 140 cm³/mol. The van der Waals surface area contributed by atoms with Gasteiger partial charge in [0.2, 0.25) is 0 Å². The van der Waals surface area contributed by atoms with Gasteiger partial charge >= 0.3 is 0 Å². The molecule has 0 radical (unpaired) electrons. The summed E-state index contributed by atoms with van der Waals surface area (Å²) < 4.78 is 16.7. The van der Waals surface area contributed by atoms with Gasteiger partial charge in [-0.1, -0.05) is 6.07 Å². The predicted octanol–water partition coefficient (Wildman–Crippen LogP) is 4.22. The number of carbonyl (C=O) groups excluding carboxylic acids is 1. The molecule has 7 nitrogen and oxygen atoms in total. The van der Waals surface area contributed by atoms with E-state index in [1.165, 1.54) is 16.7 Å². The molecule has 1 amide bonds. The summed E-state index contributed by atoms with van der Waals surface area (Å²) in [5.41, 5.74) is 4.33. The van der Waals surface area contributed by atoms with E-state index in [2.05, 4.69) is 62.1 Å². The third-order valence-electron chi connectivity index (χ3n) is 6.95. The minimum atomic E-state index is -0.107. The van der Waals surface area contributed by atoms with Gasteiger partial charge in [0.1, 0.15) is 17.2 Å². The molecule has 35 heavy (non-hydrogen) atoms. The lowest BCUT2D eigenvalue weighted by atomic mass is 9.97. The molecule has 192 valence electrons. The molecule has 0 spiro atoms. The molecule has 1 N–H and O–H groups in total. The van der Waals surface area contributed by atoms with E-state index in [1.807, 2.05) is 0 Å². The van der Waals surface area contributed by atoms with Crippen LogP contribution in [-0.4, -0.2) is 76.3 Å². The van der Waals surface area contributed by atoms with Crippen molar-refractivity contribution in [2.75, 3.05) is 54.6 Å². The summed E-state index contributed by atoms with van der Waals surface area (Å²) >= 11 is 0. The van der Waals surface area contributed by atoms with Crippen molar-refractivity contribution in [3.05, 3.63) is 52.6 Å². The fraction of sp³-hybridized carbons (Fsp3) is 0.536. The highest BCUT2D eigenvalue weighted by Gasteiger charge is 2.29. The van der Waals surface area contributed by atoms with Crippen LogP contribution in [0.4, 0.5) is 0 Å². The van der Waals surface area contributed by atoms with Gasteiger partial charge in [-0.2, -0.15) is 0 Å². The topological polar surface area (TPSA) is 63.3 Å². The van der Waals surface area contributed by atoms with Gasteiger partial charge in [0, 0.05) is 43.3 Å². The molecule has 2 aromatic rings. The van der Waals surface area contributed by atoms with Crippen molar-refractivity contribution in [2.24, 2.45) is 0 Å². The molecular formula is C28H41N3O4. The second kappa shape index (κ2) is 12.3. The van der Waals surface area contributed by atoms with E-state index in [0.29, 0.717) is 17.1 Å². The first-order valence-corrected chi connectivity index (χ1v) is 12.4. The molecule has 1 fully saturated rings. The Balaban J connectivity index is 1.60. The van der Waals surface area contributed by atoms with Crippen molar-refractivity contribution in [1.29, 1.82) is 0 Å². The first-order chi connectivity index (χ1) is 16.7. The maximum Gasteiger partial charge on any atom is 0.251 e. The number of nitrogens with zero attached hydrogens (tertiary/aromatic N) is 2. The van der Waals surface area contributed by atoms with Crippen molar-refractivity contribution in [3.63, 3.8) is 0 Å². The van der Waals surface area contributed by atoms with Crippen LogP contribution in [0.3, 0.4) is 0 Å². The van der Waals surface area contributed by atoms with Crippen LogP contribution in [0.5, 0.6) is 17.2 Å². The van der Waals surface area contributed by atoms with Crippen LogP contribution in [0.1, 0.15) is 52.9 Å². The molecule has 1 unspecified atom stereocenters. The zero-order valence-electron chi connectivity index (χ0n) is 22.3. The number of benzene rings is 2. The van der Waals surface area contributed by atoms with E-state index in [0.717, 1.165) is 44.8 Å². The van der Waals surface area contributed by atoms with E-state index in [-0.39, 0.29) is 18.0 Å². The van der Waals surface area contributed by atoms with E-state index >= 15 is 0 Å². The quantitative estimate of drug-likeness (QED) is 0.483. The van der Waals surface area contributed by atoms with E-state index in [9.17, 15) is 4.79 Å². The largest absolute Gasteiger partial charge is 0.497 e. The molecule has 1 aliphatic heterocycles. The maximum atomic E-state index is 12.9. The first kappa shape index (κ1) is 26.8. The third kappa shape index (κ3) is 6.89. The van der Waals surface area contributed by atoms with Gasteiger partial charge in [0.25, 0.3) is 5.91 Å². The van der Waals surface area contributed by atoms with Gasteiger partial charge < -0.3 is 24.4 Å². The number of methoxy groups -OCH3 is 2. The number of rotatable bonds is 11. The molecule has 7 heteroatoms. The fourth-order valence-corrected chi connectivity index (χ4v) is 4.65. The Labute approximate surface area is 210 Å². The monoisotopic (exact) mass is 483 g/mol. The Morgan fingerprint density at radius 2 is 1.80 bits per heavy atom. The minimum absolute atomic E-state index is 0.0999. The average molecular weight is 484 g/mol. The second-order valence-electron chi connectivity index (χ2n) is 9.64. The minimum Gasteiger partial charge on any atom is -0.497 e. The molecule has 2 aromatic carbocycles. The number of hydrogen-bond donors (Lipinski definition) is 1. The summed E-state index contributed by atoms with van der Waals surface area (Å²) in [5.74, 6) is 2.07. The van der Waals surface area contributed by atoms with Gasteiger partial charge in [0.05, 0.1) is 20.8 Å². The van der Waals surface area contributed by atoms with Crippen molar-refractivity contribution >= 4 is 5.91 Å². The van der Waals surface area contributed by atoms with E-state index < -0.39 is 0 Å². The number of likely N-dealkylation sites (tertiary alicyclic amines) is 1. The molecule has 1 heterocycles. The van der Waals surface area contributed by atoms with Crippen LogP contribution in [0, 0.1) is 13.8 Å². The van der Waals surface area contributed by atoms with Gasteiger partial charge in [-0.15, -0.1) is 0 Å². The summed E-state index contributed by atoms with van der Waals surface area (Å²) in [4.78, 5) is 17.5. The summed E-state index contributed by atoms with van der Waals surface area (Å²) in [5, 5.41) is 3.19. The van der Waals surface area contributed by atoms with Crippen LogP contribution in [0.15, 0.2) is 30.3 Å². The molecule has 0 bridgehead atoms. The molecule has 0 saturated carbocycles. The lowest BCUT2D eigenvalue weighted by Crippen LogP contribution is -2.37.